The summed E-state index contributed by atoms with van der Waals surface area (Å²) in [6, 6.07) is 1.82. The molecule has 1 fully saturated rings. The van der Waals surface area contributed by atoms with E-state index in [1.807, 2.05) is 6.07 Å². The Morgan fingerprint density at radius 2 is 2.21 bits per heavy atom. The van der Waals surface area contributed by atoms with Crippen LogP contribution in [-0.2, 0) is 4.74 Å². The third kappa shape index (κ3) is 2.42. The summed E-state index contributed by atoms with van der Waals surface area (Å²) in [5.41, 5.74) is 0. The molecule has 1 aromatic rings. The average Bonchev–Trinajstić information content (AvgIpc) is 2.44. The van der Waals surface area contributed by atoms with Crippen LogP contribution in [-0.4, -0.2) is 41.1 Å². The van der Waals surface area contributed by atoms with Gasteiger partial charge in [0, 0.05) is 25.5 Å². The zero-order valence-corrected chi connectivity index (χ0v) is 9.35. The van der Waals surface area contributed by atoms with Crippen LogP contribution in [0.1, 0.15) is 0 Å². The molecule has 0 amide bonds. The molecule has 0 aromatic carbocycles. The number of alkyl halides is 1. The number of aromatic nitrogens is 2. The fourth-order valence-electron chi connectivity index (χ4n) is 1.41. The van der Waals surface area contributed by atoms with Gasteiger partial charge < -0.3 is 9.64 Å². The standard InChI is InChI=1S/C9H12BrN3O/c10-8-6-13(4-5-14-7-8)9-11-2-1-3-12-9/h1-3,8H,4-7H2. The summed E-state index contributed by atoms with van der Waals surface area (Å²) in [5, 5.41) is 0. The van der Waals surface area contributed by atoms with E-state index in [0.29, 0.717) is 4.83 Å². The van der Waals surface area contributed by atoms with Crippen LogP contribution in [0, 0.1) is 0 Å². The van der Waals surface area contributed by atoms with Gasteiger partial charge in [0.25, 0.3) is 0 Å². The number of ether oxygens (including phenoxy) is 1. The number of hydrogen-bond donors (Lipinski definition) is 0. The van der Waals surface area contributed by atoms with Crippen molar-refractivity contribution in [3.8, 4) is 0 Å². The molecular weight excluding hydrogens is 246 g/mol. The van der Waals surface area contributed by atoms with Gasteiger partial charge in [-0.15, -0.1) is 0 Å². The first kappa shape index (κ1) is 9.86. The zero-order chi connectivity index (χ0) is 9.80. The van der Waals surface area contributed by atoms with Crippen molar-refractivity contribution >= 4 is 21.9 Å². The first-order chi connectivity index (χ1) is 6.86. The molecule has 0 radical (unpaired) electrons. The maximum atomic E-state index is 5.41. The molecule has 4 nitrogen and oxygen atoms in total. The molecular formula is C9H12BrN3O. The Morgan fingerprint density at radius 3 is 3.00 bits per heavy atom. The quantitative estimate of drug-likeness (QED) is 0.706. The van der Waals surface area contributed by atoms with Gasteiger partial charge in [0.1, 0.15) is 0 Å². The Bertz CT molecular complexity index is 283. The molecule has 0 N–H and O–H groups in total. The number of anilines is 1. The minimum absolute atomic E-state index is 0.355. The van der Waals surface area contributed by atoms with Gasteiger partial charge in [0.15, 0.2) is 0 Å². The van der Waals surface area contributed by atoms with Crippen LogP contribution in [0.15, 0.2) is 18.5 Å². The molecule has 1 unspecified atom stereocenters. The van der Waals surface area contributed by atoms with Crippen LogP contribution in [0.25, 0.3) is 0 Å². The van der Waals surface area contributed by atoms with E-state index >= 15 is 0 Å². The fourth-order valence-corrected chi connectivity index (χ4v) is 1.94. The third-order valence-electron chi connectivity index (χ3n) is 2.06. The fraction of sp³-hybridized carbons (Fsp3) is 0.556. The van der Waals surface area contributed by atoms with Crippen molar-refractivity contribution in [1.29, 1.82) is 0 Å². The van der Waals surface area contributed by atoms with E-state index in [-0.39, 0.29) is 0 Å². The maximum Gasteiger partial charge on any atom is 0.225 e. The van der Waals surface area contributed by atoms with Crippen LogP contribution in [0.4, 0.5) is 5.95 Å². The number of nitrogens with zero attached hydrogens (tertiary/aromatic N) is 3. The number of rotatable bonds is 1. The molecule has 14 heavy (non-hydrogen) atoms. The van der Waals surface area contributed by atoms with Gasteiger partial charge in [0.05, 0.1) is 18.0 Å². The molecule has 0 saturated carbocycles. The lowest BCUT2D eigenvalue weighted by Gasteiger charge is -2.20. The van der Waals surface area contributed by atoms with E-state index in [1.54, 1.807) is 12.4 Å². The molecule has 1 aliphatic rings. The summed E-state index contributed by atoms with van der Waals surface area (Å²) in [6.07, 6.45) is 3.52. The molecule has 1 atom stereocenters. The largest absolute Gasteiger partial charge is 0.378 e. The van der Waals surface area contributed by atoms with Crippen LogP contribution in [0.5, 0.6) is 0 Å². The second-order valence-electron chi connectivity index (χ2n) is 3.17. The Balaban J connectivity index is 2.09. The number of hydrogen-bond acceptors (Lipinski definition) is 4. The molecule has 1 aliphatic heterocycles. The SMILES string of the molecule is BrC1COCCN(c2ncccn2)C1. The van der Waals surface area contributed by atoms with E-state index in [4.69, 9.17) is 4.74 Å². The molecule has 76 valence electrons. The van der Waals surface area contributed by atoms with Crippen molar-refractivity contribution in [1.82, 2.24) is 9.97 Å². The van der Waals surface area contributed by atoms with Gasteiger partial charge in [0.2, 0.25) is 5.95 Å². The van der Waals surface area contributed by atoms with Crippen LogP contribution in [0.3, 0.4) is 0 Å². The highest BCUT2D eigenvalue weighted by atomic mass is 79.9. The molecule has 2 heterocycles. The summed E-state index contributed by atoms with van der Waals surface area (Å²) in [5.74, 6) is 0.780. The third-order valence-corrected chi connectivity index (χ3v) is 2.61. The molecule has 0 aliphatic carbocycles. The second kappa shape index (κ2) is 4.70. The summed E-state index contributed by atoms with van der Waals surface area (Å²) in [6.45, 7) is 3.24. The van der Waals surface area contributed by atoms with Crippen molar-refractivity contribution in [2.45, 2.75) is 4.83 Å². The highest BCUT2D eigenvalue weighted by Gasteiger charge is 2.17. The van der Waals surface area contributed by atoms with E-state index in [9.17, 15) is 0 Å². The van der Waals surface area contributed by atoms with E-state index in [0.717, 1.165) is 32.3 Å². The average molecular weight is 258 g/mol. The minimum atomic E-state index is 0.355. The molecule has 5 heteroatoms. The highest BCUT2D eigenvalue weighted by Crippen LogP contribution is 2.12. The van der Waals surface area contributed by atoms with Crippen LogP contribution in [0.2, 0.25) is 0 Å². The van der Waals surface area contributed by atoms with Crippen molar-refractivity contribution < 1.29 is 4.74 Å². The second-order valence-corrected chi connectivity index (χ2v) is 4.46. The lowest BCUT2D eigenvalue weighted by Crippen LogP contribution is -2.31. The van der Waals surface area contributed by atoms with Crippen LogP contribution < -0.4 is 4.90 Å². The predicted molar refractivity (Wildman–Crippen MR) is 57.8 cm³/mol. The molecule has 1 aromatic heterocycles. The van der Waals surface area contributed by atoms with E-state index in [2.05, 4.69) is 30.8 Å². The van der Waals surface area contributed by atoms with Gasteiger partial charge in [-0.25, -0.2) is 9.97 Å². The first-order valence-electron chi connectivity index (χ1n) is 4.60. The van der Waals surface area contributed by atoms with E-state index in [1.165, 1.54) is 0 Å². The summed E-state index contributed by atoms with van der Waals surface area (Å²) in [7, 11) is 0. The first-order valence-corrected chi connectivity index (χ1v) is 5.51. The summed E-state index contributed by atoms with van der Waals surface area (Å²) < 4.78 is 5.41. The maximum absolute atomic E-state index is 5.41. The summed E-state index contributed by atoms with van der Waals surface area (Å²) >= 11 is 3.55. The van der Waals surface area contributed by atoms with E-state index < -0.39 is 0 Å². The normalized spacial score (nSPS) is 23.2. The van der Waals surface area contributed by atoms with Crippen molar-refractivity contribution in [2.75, 3.05) is 31.2 Å². The molecule has 2 rings (SSSR count). The van der Waals surface area contributed by atoms with Crippen molar-refractivity contribution in [3.05, 3.63) is 18.5 Å². The Labute approximate surface area is 91.4 Å². The molecule has 0 bridgehead atoms. The van der Waals surface area contributed by atoms with Gasteiger partial charge >= 0.3 is 0 Å². The van der Waals surface area contributed by atoms with Gasteiger partial charge in [-0.2, -0.15) is 0 Å². The smallest absolute Gasteiger partial charge is 0.225 e. The highest BCUT2D eigenvalue weighted by molar-refractivity contribution is 9.09. The molecule has 1 saturated heterocycles. The van der Waals surface area contributed by atoms with Gasteiger partial charge in [-0.05, 0) is 6.07 Å². The Morgan fingerprint density at radius 1 is 1.43 bits per heavy atom. The van der Waals surface area contributed by atoms with Crippen molar-refractivity contribution in [3.63, 3.8) is 0 Å². The predicted octanol–water partition coefficient (Wildman–Crippen LogP) is 1.08. The number of halogens is 1. The van der Waals surface area contributed by atoms with Gasteiger partial charge in [-0.3, -0.25) is 0 Å². The topological polar surface area (TPSA) is 38.2 Å². The zero-order valence-electron chi connectivity index (χ0n) is 7.77. The monoisotopic (exact) mass is 257 g/mol. The van der Waals surface area contributed by atoms with Gasteiger partial charge in [-0.1, -0.05) is 15.9 Å². The molecule has 0 spiro atoms. The summed E-state index contributed by atoms with van der Waals surface area (Å²) in [4.78, 5) is 10.9. The lowest BCUT2D eigenvalue weighted by atomic mass is 10.4. The lowest BCUT2D eigenvalue weighted by molar-refractivity contribution is 0.156. The minimum Gasteiger partial charge on any atom is -0.378 e. The van der Waals surface area contributed by atoms with Crippen LogP contribution >= 0.6 is 15.9 Å². The van der Waals surface area contributed by atoms with Crippen molar-refractivity contribution in [2.24, 2.45) is 0 Å². The Kier molecular flexibility index (Phi) is 3.31. The Hall–Kier alpha value is -0.680.